The van der Waals surface area contributed by atoms with Crippen LogP contribution in [0.3, 0.4) is 0 Å². The number of guanidine groups is 1. The fraction of sp³-hybridized carbons (Fsp3) is 0.200. The summed E-state index contributed by atoms with van der Waals surface area (Å²) in [5, 5.41) is 3.44. The normalized spacial score (nSPS) is 10.7. The van der Waals surface area contributed by atoms with Crippen LogP contribution in [0, 0.1) is 0 Å². The number of halogens is 2. The van der Waals surface area contributed by atoms with Crippen LogP contribution >= 0.6 is 35.6 Å². The Bertz CT molecular complexity index is 665. The van der Waals surface area contributed by atoms with E-state index in [0.29, 0.717) is 29.2 Å². The number of nitrogens with zero attached hydrogens (tertiary/aromatic N) is 2. The third-order valence-corrected chi connectivity index (χ3v) is 3.10. The number of methoxy groups -OCH3 is 2. The number of hydrogen-bond donors (Lipinski definition) is 2. The number of aliphatic imine (C=N–C) groups is 1. The summed E-state index contributed by atoms with van der Waals surface area (Å²) in [6.45, 7) is 0.413. The van der Waals surface area contributed by atoms with E-state index < -0.39 is 0 Å². The summed E-state index contributed by atoms with van der Waals surface area (Å²) in [5.41, 5.74) is 7.54. The van der Waals surface area contributed by atoms with Crippen LogP contribution in [0.15, 0.2) is 41.5 Å². The van der Waals surface area contributed by atoms with Gasteiger partial charge in [0.1, 0.15) is 5.15 Å². The minimum absolute atomic E-state index is 0. The summed E-state index contributed by atoms with van der Waals surface area (Å²) in [6.07, 6.45) is 1.66. The third kappa shape index (κ3) is 5.76. The van der Waals surface area contributed by atoms with Crippen molar-refractivity contribution in [3.8, 4) is 11.5 Å². The second kappa shape index (κ2) is 9.41. The number of nitrogens with one attached hydrogen (secondary N) is 1. The molecule has 0 unspecified atom stereocenters. The van der Waals surface area contributed by atoms with Gasteiger partial charge in [-0.05, 0) is 23.8 Å². The van der Waals surface area contributed by atoms with E-state index in [-0.39, 0.29) is 24.0 Å². The number of pyridine rings is 1. The molecule has 124 valence electrons. The molecule has 0 saturated heterocycles. The number of hydrogen-bond acceptors (Lipinski definition) is 4. The summed E-state index contributed by atoms with van der Waals surface area (Å²) in [5.74, 6) is 1.56. The van der Waals surface area contributed by atoms with E-state index in [1.54, 1.807) is 38.6 Å². The average Bonchev–Trinajstić information content (AvgIpc) is 2.54. The summed E-state index contributed by atoms with van der Waals surface area (Å²) in [6, 6.07) is 8.96. The molecule has 23 heavy (non-hydrogen) atoms. The minimum Gasteiger partial charge on any atom is -0.493 e. The number of rotatable bonds is 5. The Balaban J connectivity index is 0.00000264. The Morgan fingerprint density at radius 1 is 1.22 bits per heavy atom. The molecule has 2 rings (SSSR count). The summed E-state index contributed by atoms with van der Waals surface area (Å²) in [4.78, 5) is 8.23. The zero-order valence-electron chi connectivity index (χ0n) is 12.7. The van der Waals surface area contributed by atoms with Crippen LogP contribution in [-0.4, -0.2) is 25.2 Å². The highest BCUT2D eigenvalue weighted by atomic mass is 127. The van der Waals surface area contributed by atoms with Gasteiger partial charge in [-0.3, -0.25) is 0 Å². The number of anilines is 1. The molecule has 1 heterocycles. The quantitative estimate of drug-likeness (QED) is 0.317. The highest BCUT2D eigenvalue weighted by Gasteiger charge is 2.05. The second-order valence-corrected chi connectivity index (χ2v) is 4.77. The highest BCUT2D eigenvalue weighted by Crippen LogP contribution is 2.29. The largest absolute Gasteiger partial charge is 0.493 e. The van der Waals surface area contributed by atoms with Crippen molar-refractivity contribution in [2.24, 2.45) is 10.7 Å². The minimum atomic E-state index is 0. The first-order valence-corrected chi connectivity index (χ1v) is 6.89. The van der Waals surface area contributed by atoms with Crippen molar-refractivity contribution >= 4 is 47.2 Å². The summed E-state index contributed by atoms with van der Waals surface area (Å²) < 4.78 is 10.4. The lowest BCUT2D eigenvalue weighted by Gasteiger charge is -2.10. The van der Waals surface area contributed by atoms with Gasteiger partial charge in [0, 0.05) is 18.0 Å². The molecule has 8 heteroatoms. The van der Waals surface area contributed by atoms with E-state index in [1.165, 1.54) is 0 Å². The van der Waals surface area contributed by atoms with Crippen molar-refractivity contribution < 1.29 is 9.47 Å². The van der Waals surface area contributed by atoms with Crippen molar-refractivity contribution in [2.45, 2.75) is 6.54 Å². The molecule has 0 saturated carbocycles. The van der Waals surface area contributed by atoms with Crippen molar-refractivity contribution in [1.29, 1.82) is 0 Å². The van der Waals surface area contributed by atoms with Crippen LogP contribution in [0.25, 0.3) is 0 Å². The van der Waals surface area contributed by atoms with E-state index in [9.17, 15) is 0 Å². The molecule has 1 aromatic carbocycles. The predicted octanol–water partition coefficient (Wildman–Crippen LogP) is 3.30. The topological polar surface area (TPSA) is 81.8 Å². The standard InChI is InChI=1S/C15H17ClN4O2.HI/c1-21-12-5-4-11(7-13(12)22-2)20-15(17)19-9-10-3-6-14(16)18-8-10;/h3-8H,9H2,1-2H3,(H3,17,19,20);1H. The molecule has 0 amide bonds. The van der Waals surface area contributed by atoms with Gasteiger partial charge in [0.25, 0.3) is 0 Å². The van der Waals surface area contributed by atoms with E-state index in [2.05, 4.69) is 15.3 Å². The van der Waals surface area contributed by atoms with Gasteiger partial charge in [0.15, 0.2) is 17.5 Å². The molecule has 0 aliphatic rings. The van der Waals surface area contributed by atoms with E-state index >= 15 is 0 Å². The van der Waals surface area contributed by atoms with Crippen LogP contribution in [0.5, 0.6) is 11.5 Å². The van der Waals surface area contributed by atoms with E-state index in [0.717, 1.165) is 11.3 Å². The summed E-state index contributed by atoms with van der Waals surface area (Å²) in [7, 11) is 3.16. The second-order valence-electron chi connectivity index (χ2n) is 4.39. The smallest absolute Gasteiger partial charge is 0.193 e. The number of aromatic nitrogens is 1. The van der Waals surface area contributed by atoms with Gasteiger partial charge in [0.05, 0.1) is 20.8 Å². The molecule has 0 spiro atoms. The molecule has 1 aromatic heterocycles. The Morgan fingerprint density at radius 2 is 1.96 bits per heavy atom. The molecule has 0 bridgehead atoms. The Morgan fingerprint density at radius 3 is 2.57 bits per heavy atom. The van der Waals surface area contributed by atoms with Crippen LogP contribution in [0.4, 0.5) is 5.69 Å². The molecule has 2 aromatic rings. The highest BCUT2D eigenvalue weighted by molar-refractivity contribution is 14.0. The van der Waals surface area contributed by atoms with Gasteiger partial charge >= 0.3 is 0 Å². The lowest BCUT2D eigenvalue weighted by molar-refractivity contribution is 0.355. The number of benzene rings is 1. The SMILES string of the molecule is COc1ccc(NC(N)=NCc2ccc(Cl)nc2)cc1OC.I. The molecule has 6 nitrogen and oxygen atoms in total. The van der Waals surface area contributed by atoms with Crippen LogP contribution in [0.1, 0.15) is 5.56 Å². The van der Waals surface area contributed by atoms with Crippen molar-refractivity contribution in [3.63, 3.8) is 0 Å². The van der Waals surface area contributed by atoms with Crippen LogP contribution < -0.4 is 20.5 Å². The zero-order valence-corrected chi connectivity index (χ0v) is 15.8. The Kier molecular flexibility index (Phi) is 7.90. The molecule has 0 radical (unpaired) electrons. The fourth-order valence-corrected chi connectivity index (χ4v) is 1.89. The third-order valence-electron chi connectivity index (χ3n) is 2.88. The van der Waals surface area contributed by atoms with Crippen LogP contribution in [-0.2, 0) is 6.54 Å². The van der Waals surface area contributed by atoms with Gasteiger partial charge in [-0.15, -0.1) is 24.0 Å². The van der Waals surface area contributed by atoms with E-state index in [1.807, 2.05) is 12.1 Å². The lowest BCUT2D eigenvalue weighted by atomic mass is 10.2. The first-order valence-electron chi connectivity index (χ1n) is 6.51. The van der Waals surface area contributed by atoms with Crippen molar-refractivity contribution in [3.05, 3.63) is 47.2 Å². The monoisotopic (exact) mass is 448 g/mol. The number of nitrogens with two attached hydrogens (primary N) is 1. The summed E-state index contributed by atoms with van der Waals surface area (Å²) >= 11 is 5.73. The van der Waals surface area contributed by atoms with Crippen molar-refractivity contribution in [1.82, 2.24) is 4.98 Å². The van der Waals surface area contributed by atoms with E-state index in [4.69, 9.17) is 26.8 Å². The maximum Gasteiger partial charge on any atom is 0.193 e. The molecule has 3 N–H and O–H groups in total. The Labute approximate surface area is 157 Å². The first-order chi connectivity index (χ1) is 10.6. The zero-order chi connectivity index (χ0) is 15.9. The lowest BCUT2D eigenvalue weighted by Crippen LogP contribution is -2.22. The average molecular weight is 449 g/mol. The van der Waals surface area contributed by atoms with Gasteiger partial charge in [0.2, 0.25) is 0 Å². The van der Waals surface area contributed by atoms with Crippen molar-refractivity contribution in [2.75, 3.05) is 19.5 Å². The molecular formula is C15H18ClIN4O2. The maximum absolute atomic E-state index is 5.87. The molecule has 0 atom stereocenters. The number of ether oxygens (including phenoxy) is 2. The predicted molar refractivity (Wildman–Crippen MR) is 103 cm³/mol. The van der Waals surface area contributed by atoms with Gasteiger partial charge in [-0.25, -0.2) is 9.98 Å². The van der Waals surface area contributed by atoms with Gasteiger partial charge in [-0.2, -0.15) is 0 Å². The molecular weight excluding hydrogens is 431 g/mol. The first kappa shape index (κ1) is 19.3. The molecule has 0 fully saturated rings. The molecule has 0 aliphatic carbocycles. The van der Waals surface area contributed by atoms with Gasteiger partial charge in [-0.1, -0.05) is 17.7 Å². The fourth-order valence-electron chi connectivity index (χ4n) is 1.78. The Hall–Kier alpha value is -1.74. The maximum atomic E-state index is 5.87. The molecule has 0 aliphatic heterocycles. The van der Waals surface area contributed by atoms with Crippen LogP contribution in [0.2, 0.25) is 5.15 Å². The van der Waals surface area contributed by atoms with Gasteiger partial charge < -0.3 is 20.5 Å².